The van der Waals surface area contributed by atoms with Crippen molar-refractivity contribution < 1.29 is 18.0 Å². The Kier molecular flexibility index (Phi) is 6.04. The summed E-state index contributed by atoms with van der Waals surface area (Å²) in [7, 11) is 2.03. The number of carbonyl (C=O) groups excluding carboxylic acids is 1. The first kappa shape index (κ1) is 21.4. The van der Waals surface area contributed by atoms with Gasteiger partial charge in [-0.3, -0.25) is 9.59 Å². The number of nitrogens with one attached hydrogen (secondary N) is 2. The van der Waals surface area contributed by atoms with E-state index in [4.69, 9.17) is 0 Å². The highest BCUT2D eigenvalue weighted by molar-refractivity contribution is 9.10. The number of alkyl halides is 3. The molecular formula is C19H20BrF3N4O2. The molecule has 1 atom stereocenters. The zero-order chi connectivity index (χ0) is 21.3. The lowest BCUT2D eigenvalue weighted by molar-refractivity contribution is -0.138. The summed E-state index contributed by atoms with van der Waals surface area (Å²) in [6.07, 6.45) is -4.04. The highest BCUT2D eigenvalue weighted by Gasteiger charge is 2.36. The van der Waals surface area contributed by atoms with Gasteiger partial charge < -0.3 is 20.1 Å². The van der Waals surface area contributed by atoms with Crippen LogP contribution >= 0.6 is 15.9 Å². The molecule has 1 fully saturated rings. The maximum Gasteiger partial charge on any atom is 0.417 e. The van der Waals surface area contributed by atoms with Gasteiger partial charge in [-0.1, -0.05) is 15.9 Å². The molecule has 2 heterocycles. The van der Waals surface area contributed by atoms with Gasteiger partial charge in [0, 0.05) is 42.4 Å². The normalized spacial score (nSPS) is 18.0. The number of aromatic nitrogens is 1. The first-order valence-electron chi connectivity index (χ1n) is 8.92. The van der Waals surface area contributed by atoms with Gasteiger partial charge in [-0.25, -0.2) is 0 Å². The molecule has 1 aliphatic heterocycles. The van der Waals surface area contributed by atoms with E-state index in [0.29, 0.717) is 22.8 Å². The van der Waals surface area contributed by atoms with Gasteiger partial charge in [-0.05, 0) is 32.2 Å². The fourth-order valence-electron chi connectivity index (χ4n) is 3.23. The van der Waals surface area contributed by atoms with Crippen molar-refractivity contribution in [3.8, 4) is 0 Å². The molecule has 156 valence electrons. The number of H-pyrrole nitrogens is 1. The standard InChI is InChI=1S/C19H20BrF3N4O2/c1-11-10-27(6-5-26(11)2)16-4-3-12(20)7-15(16)25-18(29)13-9-24-17(28)8-14(13)19(21,22)23/h3-4,7-9,11H,5-6,10H2,1-2H3,(H,24,28)(H,25,29)/t11-/m0/s1. The van der Waals surface area contributed by atoms with Gasteiger partial charge in [0.1, 0.15) is 0 Å². The van der Waals surface area contributed by atoms with Crippen LogP contribution in [-0.2, 0) is 6.18 Å². The molecule has 1 amide bonds. The van der Waals surface area contributed by atoms with Crippen LogP contribution in [0.25, 0.3) is 0 Å². The summed E-state index contributed by atoms with van der Waals surface area (Å²) in [5.74, 6) is -0.949. The molecule has 29 heavy (non-hydrogen) atoms. The molecule has 1 aliphatic rings. The molecule has 6 nitrogen and oxygen atoms in total. The molecule has 2 aromatic rings. The monoisotopic (exact) mass is 472 g/mol. The summed E-state index contributed by atoms with van der Waals surface area (Å²) >= 11 is 3.34. The van der Waals surface area contributed by atoms with Crippen molar-refractivity contribution in [2.24, 2.45) is 0 Å². The Hall–Kier alpha value is -2.33. The molecule has 0 spiro atoms. The SMILES string of the molecule is C[C@H]1CN(c2ccc(Br)cc2NC(=O)c2c[nH]c(=O)cc2C(F)(F)F)CCN1C. The third kappa shape index (κ3) is 4.81. The second-order valence-corrected chi connectivity index (χ2v) is 7.93. The number of hydrogen-bond donors (Lipinski definition) is 2. The molecule has 0 saturated carbocycles. The van der Waals surface area contributed by atoms with Crippen LogP contribution in [0.1, 0.15) is 22.8 Å². The summed E-state index contributed by atoms with van der Waals surface area (Å²) in [5.41, 5.74) is -1.73. The molecule has 1 aromatic heterocycles. The second-order valence-electron chi connectivity index (χ2n) is 7.01. The second kappa shape index (κ2) is 8.19. The number of benzene rings is 1. The maximum atomic E-state index is 13.3. The highest BCUT2D eigenvalue weighted by atomic mass is 79.9. The van der Waals surface area contributed by atoms with Crippen LogP contribution in [-0.4, -0.2) is 48.5 Å². The molecule has 0 bridgehead atoms. The van der Waals surface area contributed by atoms with Gasteiger partial charge in [0.25, 0.3) is 5.91 Å². The number of halogens is 4. The van der Waals surface area contributed by atoms with Crippen molar-refractivity contribution in [2.45, 2.75) is 19.1 Å². The van der Waals surface area contributed by atoms with Gasteiger partial charge in [-0.2, -0.15) is 13.2 Å². The van der Waals surface area contributed by atoms with Crippen LogP contribution in [0.5, 0.6) is 0 Å². The topological polar surface area (TPSA) is 68.4 Å². The smallest absolute Gasteiger partial charge is 0.367 e. The number of aromatic amines is 1. The van der Waals surface area contributed by atoms with E-state index in [1.807, 2.05) is 19.2 Å². The van der Waals surface area contributed by atoms with Crippen LogP contribution < -0.4 is 15.8 Å². The lowest BCUT2D eigenvalue weighted by Gasteiger charge is -2.39. The number of amides is 1. The first-order valence-corrected chi connectivity index (χ1v) is 9.71. The molecule has 10 heteroatoms. The quantitative estimate of drug-likeness (QED) is 0.716. The van der Waals surface area contributed by atoms with Crippen molar-refractivity contribution in [3.63, 3.8) is 0 Å². The van der Waals surface area contributed by atoms with Crippen LogP contribution in [0.2, 0.25) is 0 Å². The van der Waals surface area contributed by atoms with Gasteiger partial charge in [0.15, 0.2) is 0 Å². The number of anilines is 2. The van der Waals surface area contributed by atoms with Crippen molar-refractivity contribution >= 4 is 33.2 Å². The Morgan fingerprint density at radius 3 is 2.66 bits per heavy atom. The zero-order valence-electron chi connectivity index (χ0n) is 15.8. The molecule has 0 unspecified atom stereocenters. The third-order valence-electron chi connectivity index (χ3n) is 4.98. The number of likely N-dealkylation sites (N-methyl/N-ethyl adjacent to an activating group) is 1. The Morgan fingerprint density at radius 2 is 2.00 bits per heavy atom. The molecular weight excluding hydrogens is 453 g/mol. The summed E-state index contributed by atoms with van der Waals surface area (Å²) in [6.45, 7) is 4.34. The lowest BCUT2D eigenvalue weighted by atomic mass is 10.1. The Labute approximate surface area is 173 Å². The van der Waals surface area contributed by atoms with E-state index in [0.717, 1.165) is 25.0 Å². The number of pyridine rings is 1. The molecule has 1 aromatic carbocycles. The predicted molar refractivity (Wildman–Crippen MR) is 108 cm³/mol. The Balaban J connectivity index is 1.94. The Morgan fingerprint density at radius 1 is 1.28 bits per heavy atom. The van der Waals surface area contributed by atoms with Crippen LogP contribution in [0, 0.1) is 0 Å². The van der Waals surface area contributed by atoms with Crippen molar-refractivity contribution in [3.05, 3.63) is 56.4 Å². The average molecular weight is 473 g/mol. The van der Waals surface area contributed by atoms with E-state index in [2.05, 4.69) is 43.0 Å². The first-order chi connectivity index (χ1) is 13.6. The van der Waals surface area contributed by atoms with E-state index in [1.54, 1.807) is 6.07 Å². The molecule has 2 N–H and O–H groups in total. The number of carbonyl (C=O) groups is 1. The molecule has 1 saturated heterocycles. The van der Waals surface area contributed by atoms with Gasteiger partial charge >= 0.3 is 6.18 Å². The molecule has 3 rings (SSSR count). The molecule has 0 radical (unpaired) electrons. The lowest BCUT2D eigenvalue weighted by Crippen LogP contribution is -2.50. The van der Waals surface area contributed by atoms with E-state index < -0.39 is 28.8 Å². The minimum absolute atomic E-state index is 0.284. The summed E-state index contributed by atoms with van der Waals surface area (Å²) in [4.78, 5) is 30.4. The van der Waals surface area contributed by atoms with E-state index >= 15 is 0 Å². The van der Waals surface area contributed by atoms with Crippen LogP contribution in [0.4, 0.5) is 24.5 Å². The summed E-state index contributed by atoms with van der Waals surface area (Å²) in [6, 6.07) is 5.95. The van der Waals surface area contributed by atoms with Crippen molar-refractivity contribution in [2.75, 3.05) is 36.9 Å². The predicted octanol–water partition coefficient (Wildman–Crippen LogP) is 3.55. The van der Waals surface area contributed by atoms with Crippen LogP contribution in [0.15, 0.2) is 39.7 Å². The van der Waals surface area contributed by atoms with E-state index in [-0.39, 0.29) is 6.04 Å². The van der Waals surface area contributed by atoms with Crippen LogP contribution in [0.3, 0.4) is 0 Å². The summed E-state index contributed by atoms with van der Waals surface area (Å²) < 4.78 is 40.5. The average Bonchev–Trinajstić information content (AvgIpc) is 2.63. The number of piperazine rings is 1. The zero-order valence-corrected chi connectivity index (χ0v) is 17.4. The van der Waals surface area contributed by atoms with Gasteiger partial charge in [0.2, 0.25) is 5.56 Å². The van der Waals surface area contributed by atoms with Gasteiger partial charge in [-0.15, -0.1) is 0 Å². The van der Waals surface area contributed by atoms with Crippen molar-refractivity contribution in [1.29, 1.82) is 0 Å². The summed E-state index contributed by atoms with van der Waals surface area (Å²) in [5, 5.41) is 2.58. The minimum Gasteiger partial charge on any atom is -0.367 e. The fraction of sp³-hybridized carbons (Fsp3) is 0.368. The van der Waals surface area contributed by atoms with Crippen molar-refractivity contribution in [1.82, 2.24) is 9.88 Å². The fourth-order valence-corrected chi connectivity index (χ4v) is 3.60. The van der Waals surface area contributed by atoms with E-state index in [9.17, 15) is 22.8 Å². The number of hydrogen-bond acceptors (Lipinski definition) is 4. The maximum absolute atomic E-state index is 13.3. The third-order valence-corrected chi connectivity index (χ3v) is 5.47. The molecule has 0 aliphatic carbocycles. The Bertz CT molecular complexity index is 977. The highest BCUT2D eigenvalue weighted by Crippen LogP contribution is 2.34. The largest absolute Gasteiger partial charge is 0.417 e. The van der Waals surface area contributed by atoms with Gasteiger partial charge in [0.05, 0.1) is 22.5 Å². The van der Waals surface area contributed by atoms with E-state index in [1.165, 1.54) is 0 Å². The minimum atomic E-state index is -4.83. The number of nitrogens with zero attached hydrogens (tertiary/aromatic N) is 2. The number of rotatable bonds is 3.